The standard InChI is InChI=1S/C14H8F5NO5S/c15-10-6(13(21)22)5-9(11(16)12(10)17)26(23,24)20-7-3-1-2-4-8(7)25-14(18)19/h1-5,14,20H,(H,21,22). The first-order valence-electron chi connectivity index (χ1n) is 6.52. The molecule has 12 heteroatoms. The van der Waals surface area contributed by atoms with Crippen molar-refractivity contribution in [2.24, 2.45) is 0 Å². The normalized spacial score (nSPS) is 11.5. The van der Waals surface area contributed by atoms with E-state index in [-0.39, 0.29) is 6.07 Å². The lowest BCUT2D eigenvalue weighted by Crippen LogP contribution is -2.19. The van der Waals surface area contributed by atoms with Crippen LogP contribution in [0.1, 0.15) is 10.4 Å². The highest BCUT2D eigenvalue weighted by Crippen LogP contribution is 2.30. The predicted octanol–water partition coefficient (Wildman–Crippen LogP) is 3.20. The Hall–Kier alpha value is -2.89. The molecule has 0 unspecified atom stereocenters. The number of aromatic carboxylic acids is 1. The van der Waals surface area contributed by atoms with E-state index in [4.69, 9.17) is 5.11 Å². The van der Waals surface area contributed by atoms with Gasteiger partial charge in [0, 0.05) is 0 Å². The SMILES string of the molecule is O=C(O)c1cc(S(=O)(=O)Nc2ccccc2OC(F)F)c(F)c(F)c1F. The smallest absolute Gasteiger partial charge is 0.387 e. The highest BCUT2D eigenvalue weighted by Gasteiger charge is 2.30. The number of carbonyl (C=O) groups is 1. The van der Waals surface area contributed by atoms with Crippen LogP contribution in [0.4, 0.5) is 27.6 Å². The van der Waals surface area contributed by atoms with Gasteiger partial charge in [0.1, 0.15) is 10.6 Å². The lowest BCUT2D eigenvalue weighted by atomic mass is 10.2. The summed E-state index contributed by atoms with van der Waals surface area (Å²) >= 11 is 0. The predicted molar refractivity (Wildman–Crippen MR) is 77.2 cm³/mol. The van der Waals surface area contributed by atoms with Gasteiger partial charge in [-0.25, -0.2) is 26.4 Å². The Labute approximate surface area is 142 Å². The van der Waals surface area contributed by atoms with Crippen LogP contribution in [0, 0.1) is 17.5 Å². The number of hydrogen-bond acceptors (Lipinski definition) is 4. The maximum absolute atomic E-state index is 13.8. The van der Waals surface area contributed by atoms with E-state index in [1.165, 1.54) is 12.1 Å². The Kier molecular flexibility index (Phi) is 5.35. The second-order valence-electron chi connectivity index (χ2n) is 4.65. The summed E-state index contributed by atoms with van der Waals surface area (Å²) in [6.07, 6.45) is 0. The summed E-state index contributed by atoms with van der Waals surface area (Å²) in [5, 5.41) is 8.76. The van der Waals surface area contributed by atoms with Crippen LogP contribution in [0.5, 0.6) is 5.75 Å². The molecule has 0 aliphatic carbocycles. The van der Waals surface area contributed by atoms with Gasteiger partial charge < -0.3 is 9.84 Å². The Balaban J connectivity index is 2.55. The number of rotatable bonds is 6. The van der Waals surface area contributed by atoms with Gasteiger partial charge in [0.05, 0.1) is 11.3 Å². The number of anilines is 1. The van der Waals surface area contributed by atoms with Crippen molar-refractivity contribution in [3.63, 3.8) is 0 Å². The molecule has 0 aliphatic heterocycles. The molecule has 0 radical (unpaired) electrons. The summed E-state index contributed by atoms with van der Waals surface area (Å²) in [5.74, 6) is -9.25. The fourth-order valence-corrected chi connectivity index (χ4v) is 3.05. The van der Waals surface area contributed by atoms with Crippen LogP contribution in [-0.2, 0) is 10.0 Å². The second kappa shape index (κ2) is 7.15. The summed E-state index contributed by atoms with van der Waals surface area (Å²) in [6.45, 7) is -3.31. The molecule has 0 heterocycles. The van der Waals surface area contributed by atoms with E-state index in [0.717, 1.165) is 12.1 Å². The van der Waals surface area contributed by atoms with E-state index in [1.54, 1.807) is 4.72 Å². The van der Waals surface area contributed by atoms with E-state index in [1.807, 2.05) is 0 Å². The largest absolute Gasteiger partial charge is 0.478 e. The Morgan fingerprint density at radius 3 is 2.27 bits per heavy atom. The van der Waals surface area contributed by atoms with E-state index in [0.29, 0.717) is 0 Å². The van der Waals surface area contributed by atoms with Crippen LogP contribution in [0.25, 0.3) is 0 Å². The molecule has 0 bridgehead atoms. The van der Waals surface area contributed by atoms with Gasteiger partial charge in [-0.3, -0.25) is 4.72 Å². The molecule has 0 saturated carbocycles. The highest BCUT2D eigenvalue weighted by molar-refractivity contribution is 7.92. The molecule has 0 amide bonds. The average molecular weight is 397 g/mol. The zero-order chi connectivity index (χ0) is 19.6. The minimum atomic E-state index is -5.02. The number of alkyl halides is 2. The molecule has 140 valence electrons. The third kappa shape index (κ3) is 3.85. The van der Waals surface area contributed by atoms with E-state index < -0.39 is 62.0 Å². The molecular formula is C14H8F5NO5S. The van der Waals surface area contributed by atoms with Crippen molar-refractivity contribution in [3.05, 3.63) is 53.3 Å². The van der Waals surface area contributed by atoms with Gasteiger partial charge in [0.2, 0.25) is 0 Å². The molecule has 26 heavy (non-hydrogen) atoms. The highest BCUT2D eigenvalue weighted by atomic mass is 32.2. The molecule has 2 rings (SSSR count). The fourth-order valence-electron chi connectivity index (χ4n) is 1.88. The molecule has 2 aromatic carbocycles. The van der Waals surface area contributed by atoms with Gasteiger partial charge in [-0.1, -0.05) is 12.1 Å². The topological polar surface area (TPSA) is 92.7 Å². The van der Waals surface area contributed by atoms with Gasteiger partial charge in [0.25, 0.3) is 10.0 Å². The molecule has 0 spiro atoms. The maximum atomic E-state index is 13.8. The number of hydrogen-bond donors (Lipinski definition) is 2. The lowest BCUT2D eigenvalue weighted by molar-refractivity contribution is -0.0493. The first kappa shape index (κ1) is 19.4. The molecule has 0 atom stereocenters. The number of halogens is 5. The van der Waals surface area contributed by atoms with Crippen molar-refractivity contribution in [2.45, 2.75) is 11.5 Å². The zero-order valence-corrected chi connectivity index (χ0v) is 13.2. The van der Waals surface area contributed by atoms with Crippen molar-refractivity contribution < 1.29 is 45.0 Å². The van der Waals surface area contributed by atoms with E-state index in [9.17, 15) is 35.2 Å². The second-order valence-corrected chi connectivity index (χ2v) is 6.30. The van der Waals surface area contributed by atoms with Crippen molar-refractivity contribution >= 4 is 21.7 Å². The summed E-state index contributed by atoms with van der Waals surface area (Å²) in [7, 11) is -5.02. The third-order valence-electron chi connectivity index (χ3n) is 2.98. The van der Waals surface area contributed by atoms with Crippen LogP contribution in [0.3, 0.4) is 0 Å². The summed E-state index contributed by atoms with van der Waals surface area (Å²) in [5.41, 5.74) is -1.99. The van der Waals surface area contributed by atoms with Crippen LogP contribution >= 0.6 is 0 Å². The van der Waals surface area contributed by atoms with Crippen molar-refractivity contribution in [2.75, 3.05) is 4.72 Å². The number of carboxylic acid groups (broad SMARTS) is 1. The van der Waals surface area contributed by atoms with Gasteiger partial charge in [-0.2, -0.15) is 8.78 Å². The molecule has 6 nitrogen and oxygen atoms in total. The summed E-state index contributed by atoms with van der Waals surface area (Å²) < 4.78 is 95.6. The van der Waals surface area contributed by atoms with Gasteiger partial charge in [-0.15, -0.1) is 0 Å². The van der Waals surface area contributed by atoms with Gasteiger partial charge in [-0.05, 0) is 18.2 Å². The molecule has 0 fully saturated rings. The molecule has 2 N–H and O–H groups in total. The van der Waals surface area contributed by atoms with Gasteiger partial charge in [0.15, 0.2) is 17.5 Å². The van der Waals surface area contributed by atoms with Crippen molar-refractivity contribution in [3.8, 4) is 5.75 Å². The minimum absolute atomic E-state index is 0.0645. The minimum Gasteiger partial charge on any atom is -0.478 e. The number of carboxylic acids is 1. The lowest BCUT2D eigenvalue weighted by Gasteiger charge is -2.14. The molecule has 2 aromatic rings. The number of benzene rings is 2. The Morgan fingerprint density at radius 1 is 1.08 bits per heavy atom. The first-order valence-corrected chi connectivity index (χ1v) is 8.00. The first-order chi connectivity index (χ1) is 12.0. The Morgan fingerprint density at radius 2 is 1.69 bits per heavy atom. The monoisotopic (exact) mass is 397 g/mol. The quantitative estimate of drug-likeness (QED) is 0.577. The summed E-state index contributed by atoms with van der Waals surface area (Å²) in [6, 6.07) is 4.46. The molecule has 0 aliphatic rings. The van der Waals surface area contributed by atoms with Crippen LogP contribution in [0.15, 0.2) is 35.2 Å². The number of ether oxygens (including phenoxy) is 1. The average Bonchev–Trinajstić information content (AvgIpc) is 2.53. The number of sulfonamides is 1. The number of nitrogens with one attached hydrogen (secondary N) is 1. The fraction of sp³-hybridized carbons (Fsp3) is 0.0714. The number of para-hydroxylation sites is 2. The molecule has 0 saturated heterocycles. The van der Waals surface area contributed by atoms with Gasteiger partial charge >= 0.3 is 12.6 Å². The maximum Gasteiger partial charge on any atom is 0.387 e. The molecule has 0 aromatic heterocycles. The summed E-state index contributed by atoms with van der Waals surface area (Å²) in [4.78, 5) is 9.32. The zero-order valence-electron chi connectivity index (χ0n) is 12.3. The van der Waals surface area contributed by atoms with E-state index in [2.05, 4.69) is 4.74 Å². The van der Waals surface area contributed by atoms with Crippen LogP contribution in [-0.4, -0.2) is 26.1 Å². The van der Waals surface area contributed by atoms with Crippen LogP contribution in [0.2, 0.25) is 0 Å². The third-order valence-corrected chi connectivity index (χ3v) is 4.35. The van der Waals surface area contributed by atoms with Crippen molar-refractivity contribution in [1.29, 1.82) is 0 Å². The van der Waals surface area contributed by atoms with E-state index >= 15 is 0 Å². The molecular weight excluding hydrogens is 389 g/mol. The van der Waals surface area contributed by atoms with Crippen LogP contribution < -0.4 is 9.46 Å². The Bertz CT molecular complexity index is 964. The van der Waals surface area contributed by atoms with Crippen molar-refractivity contribution in [1.82, 2.24) is 0 Å².